The van der Waals surface area contributed by atoms with Crippen molar-refractivity contribution in [1.29, 1.82) is 0 Å². The number of carboxylic acid groups (broad SMARTS) is 1. The van der Waals surface area contributed by atoms with Crippen molar-refractivity contribution in [2.75, 3.05) is 0 Å². The summed E-state index contributed by atoms with van der Waals surface area (Å²) in [6, 6.07) is 7.44. The Balaban J connectivity index is 1.30. The van der Waals surface area contributed by atoms with Crippen LogP contribution in [0.4, 0.5) is 0 Å². The number of nitrogens with one attached hydrogen (secondary N) is 1. The van der Waals surface area contributed by atoms with Crippen LogP contribution >= 0.6 is 0 Å². The van der Waals surface area contributed by atoms with E-state index in [4.69, 9.17) is 0 Å². The smallest absolute Gasteiger partial charge is 0.309 e. The van der Waals surface area contributed by atoms with Crippen LogP contribution in [0.15, 0.2) is 42.5 Å². The molecule has 0 aromatic heterocycles. The summed E-state index contributed by atoms with van der Waals surface area (Å²) in [5, 5.41) is 9.98. The van der Waals surface area contributed by atoms with E-state index in [1.807, 2.05) is 12.1 Å². The van der Waals surface area contributed by atoms with Gasteiger partial charge >= 0.3 is 5.97 Å². The van der Waals surface area contributed by atoms with Crippen molar-refractivity contribution < 1.29 is 23.1 Å². The van der Waals surface area contributed by atoms with E-state index in [1.54, 1.807) is 26.0 Å². The van der Waals surface area contributed by atoms with Gasteiger partial charge in [-0.1, -0.05) is 65.0 Å². The van der Waals surface area contributed by atoms with Crippen molar-refractivity contribution in [2.45, 2.75) is 118 Å². The Labute approximate surface area is 283 Å². The summed E-state index contributed by atoms with van der Waals surface area (Å²) in [6.07, 6.45) is 11.6. The van der Waals surface area contributed by atoms with Gasteiger partial charge in [-0.15, -0.1) is 0 Å². The molecule has 0 radical (unpaired) electrons. The molecule has 0 heterocycles. The number of hydrogen-bond acceptors (Lipinski definition) is 4. The van der Waals surface area contributed by atoms with E-state index in [0.29, 0.717) is 29.2 Å². The average Bonchev–Trinajstić information content (AvgIpc) is 3.39. The van der Waals surface area contributed by atoms with Crippen LogP contribution in [0.1, 0.15) is 129 Å². The minimum absolute atomic E-state index is 0.0850. The predicted octanol–water partition coefficient (Wildman–Crippen LogP) is 8.89. The molecule has 1 aromatic carbocycles. The molecule has 1 aromatic rings. The van der Waals surface area contributed by atoms with Gasteiger partial charge in [0.05, 0.1) is 10.7 Å². The lowest BCUT2D eigenvalue weighted by molar-refractivity contribution is -0.227. The summed E-state index contributed by atoms with van der Waals surface area (Å²) in [6.45, 7) is 22.1. The lowest BCUT2D eigenvalue weighted by atomic mass is 9.32. The molecule has 258 valence electrons. The van der Waals surface area contributed by atoms with E-state index in [2.05, 4.69) is 58.9 Å². The maximum atomic E-state index is 13.0. The van der Waals surface area contributed by atoms with Crippen LogP contribution in [-0.2, 0) is 14.8 Å². The van der Waals surface area contributed by atoms with Gasteiger partial charge in [-0.3, -0.25) is 9.59 Å². The Morgan fingerprint density at radius 3 is 2.15 bits per heavy atom. The maximum Gasteiger partial charge on any atom is 0.309 e. The quantitative estimate of drug-likeness (QED) is 0.296. The average molecular weight is 664 g/mol. The zero-order chi connectivity index (χ0) is 34.5. The number of aliphatic carboxylic acids is 1. The van der Waals surface area contributed by atoms with Gasteiger partial charge in [-0.25, -0.2) is 13.1 Å². The number of benzene rings is 1. The number of rotatable bonds is 6. The van der Waals surface area contributed by atoms with Gasteiger partial charge in [0.25, 0.3) is 5.91 Å². The first kappa shape index (κ1) is 34.5. The number of sulfonamides is 1. The molecule has 7 heteroatoms. The van der Waals surface area contributed by atoms with Crippen LogP contribution in [0.5, 0.6) is 0 Å². The molecule has 1 amide bonds. The number of carboxylic acids is 1. The Morgan fingerprint density at radius 2 is 1.55 bits per heavy atom. The molecule has 0 spiro atoms. The zero-order valence-electron chi connectivity index (χ0n) is 29.9. The molecule has 0 bridgehead atoms. The molecule has 6 rings (SSSR count). The van der Waals surface area contributed by atoms with Gasteiger partial charge < -0.3 is 5.11 Å². The third-order valence-electron chi connectivity index (χ3n) is 15.4. The monoisotopic (exact) mass is 663 g/mol. The minimum atomic E-state index is -3.70. The van der Waals surface area contributed by atoms with Gasteiger partial charge in [-0.2, -0.15) is 0 Å². The van der Waals surface area contributed by atoms with Gasteiger partial charge in [0.1, 0.15) is 0 Å². The lowest BCUT2D eigenvalue weighted by Crippen LogP contribution is -2.65. The first-order valence-corrected chi connectivity index (χ1v) is 19.6. The molecule has 9 atom stereocenters. The highest BCUT2D eigenvalue weighted by molar-refractivity contribution is 7.90. The Bertz CT molecular complexity index is 1620. The molecule has 4 fully saturated rings. The van der Waals surface area contributed by atoms with Crippen molar-refractivity contribution in [2.24, 2.45) is 56.7 Å². The van der Waals surface area contributed by atoms with E-state index in [0.717, 1.165) is 63.4 Å². The molecule has 5 aliphatic carbocycles. The number of amides is 1. The van der Waals surface area contributed by atoms with Crippen molar-refractivity contribution >= 4 is 27.5 Å². The van der Waals surface area contributed by atoms with Gasteiger partial charge in [0.2, 0.25) is 10.0 Å². The summed E-state index contributed by atoms with van der Waals surface area (Å²) in [5.41, 5.74) is 3.60. The van der Waals surface area contributed by atoms with Crippen LogP contribution in [-0.4, -0.2) is 30.7 Å². The molecular weight excluding hydrogens is 607 g/mol. The van der Waals surface area contributed by atoms with Gasteiger partial charge in [0.15, 0.2) is 0 Å². The fourth-order valence-corrected chi connectivity index (χ4v) is 13.3. The highest BCUT2D eigenvalue weighted by Gasteiger charge is 2.71. The summed E-state index contributed by atoms with van der Waals surface area (Å²) in [5.74, 6) is 0.778. The molecule has 1 unspecified atom stereocenters. The highest BCUT2D eigenvalue weighted by atomic mass is 32.2. The zero-order valence-corrected chi connectivity index (χ0v) is 30.7. The largest absolute Gasteiger partial charge is 0.481 e. The topological polar surface area (TPSA) is 101 Å². The third kappa shape index (κ3) is 4.78. The van der Waals surface area contributed by atoms with Crippen molar-refractivity contribution in [3.05, 3.63) is 53.6 Å². The number of allylic oxidation sites excluding steroid dienone is 3. The Kier molecular flexibility index (Phi) is 8.10. The SMILES string of the molecule is C=C(C)[C@@H]1CC[C@]2(C(=O)O)CC[C@]3(C)[C@H](CCC4[C@@]5(C)CC=C(c6ccc(C(=O)NS(=O)(=O)C(C)C)cc6)C(C)(C)[C@@H]5CC[C@]43C)[C@@H]12. The maximum absolute atomic E-state index is 13.0. The third-order valence-corrected chi connectivity index (χ3v) is 17.1. The molecule has 2 N–H and O–H groups in total. The first-order valence-electron chi connectivity index (χ1n) is 18.0. The van der Waals surface area contributed by atoms with Crippen molar-refractivity contribution in [3.63, 3.8) is 0 Å². The van der Waals surface area contributed by atoms with Crippen LogP contribution < -0.4 is 4.72 Å². The second-order valence-electron chi connectivity index (χ2n) is 17.8. The number of fused-ring (bicyclic) bond motifs is 7. The summed E-state index contributed by atoms with van der Waals surface area (Å²) in [7, 11) is -3.70. The summed E-state index contributed by atoms with van der Waals surface area (Å²) in [4.78, 5) is 25.7. The van der Waals surface area contributed by atoms with Crippen LogP contribution in [0, 0.1) is 56.7 Å². The molecule has 4 saturated carbocycles. The predicted molar refractivity (Wildman–Crippen MR) is 188 cm³/mol. The standard InChI is InChI=1S/C40H57NO5S/c1-24(2)28-16-21-40(35(43)44)23-22-38(8)30(33(28)40)14-15-32-37(7)19-17-29(36(5,6)31(37)18-20-39(32,38)9)26-10-12-27(13-11-26)34(42)41-47(45,46)25(3)4/h10-13,17,25,28,30-33H,1,14-16,18-23H2,2-9H3,(H,41,42)(H,43,44)/t28-,30+,31-,32?,33+,37-,38+,39+,40-/m0/s1. The first-order chi connectivity index (χ1) is 21.8. The van der Waals surface area contributed by atoms with Crippen LogP contribution in [0.25, 0.3) is 5.57 Å². The van der Waals surface area contributed by atoms with E-state index >= 15 is 0 Å². The summed E-state index contributed by atoms with van der Waals surface area (Å²) >= 11 is 0. The number of carbonyl (C=O) groups is 2. The summed E-state index contributed by atoms with van der Waals surface area (Å²) < 4.78 is 26.7. The Hall–Kier alpha value is -2.41. The van der Waals surface area contributed by atoms with Crippen molar-refractivity contribution in [1.82, 2.24) is 4.72 Å². The van der Waals surface area contributed by atoms with E-state index in [9.17, 15) is 23.1 Å². The minimum Gasteiger partial charge on any atom is -0.481 e. The van der Waals surface area contributed by atoms with Crippen LogP contribution in [0.3, 0.4) is 0 Å². The van der Waals surface area contributed by atoms with E-state index in [-0.39, 0.29) is 27.6 Å². The highest BCUT2D eigenvalue weighted by Crippen LogP contribution is 2.77. The second-order valence-corrected chi connectivity index (χ2v) is 20.0. The van der Waals surface area contributed by atoms with Gasteiger partial charge in [0, 0.05) is 5.56 Å². The molecule has 0 aliphatic heterocycles. The molecule has 0 saturated heterocycles. The molecular formula is C40H57NO5S. The Morgan fingerprint density at radius 1 is 0.894 bits per heavy atom. The molecule has 47 heavy (non-hydrogen) atoms. The van der Waals surface area contributed by atoms with Crippen LogP contribution in [0.2, 0.25) is 0 Å². The van der Waals surface area contributed by atoms with Gasteiger partial charge in [-0.05, 0) is 153 Å². The van der Waals surface area contributed by atoms with E-state index < -0.39 is 32.6 Å². The fraction of sp³-hybridized carbons (Fsp3) is 0.700. The van der Waals surface area contributed by atoms with Crippen molar-refractivity contribution in [3.8, 4) is 0 Å². The fourth-order valence-electron chi connectivity index (χ4n) is 12.7. The van der Waals surface area contributed by atoms with E-state index in [1.165, 1.54) is 11.1 Å². The lowest BCUT2D eigenvalue weighted by Gasteiger charge is -2.72. The number of hydrogen-bond donors (Lipinski definition) is 2. The normalized spacial score (nSPS) is 40.7. The second kappa shape index (κ2) is 11.1. The molecule has 6 nitrogen and oxygen atoms in total. The molecule has 5 aliphatic rings. The number of carbonyl (C=O) groups excluding carboxylic acids is 1.